The first-order chi connectivity index (χ1) is 9.36. The van der Waals surface area contributed by atoms with Crippen LogP contribution < -0.4 is 5.32 Å². The van der Waals surface area contributed by atoms with Crippen LogP contribution in [0.5, 0.6) is 0 Å². The predicted octanol–water partition coefficient (Wildman–Crippen LogP) is 1.89. The van der Waals surface area contributed by atoms with E-state index in [0.29, 0.717) is 19.6 Å². The van der Waals surface area contributed by atoms with Crippen LogP contribution >= 0.6 is 24.0 Å². The molecule has 1 unspecified atom stereocenters. The second-order valence-electron chi connectivity index (χ2n) is 4.54. The fraction of sp³-hybridized carbons (Fsp3) is 0.636. The first kappa shape index (κ1) is 18.2. The molecule has 5 nitrogen and oxygen atoms in total. The van der Waals surface area contributed by atoms with Crippen molar-refractivity contribution in [3.63, 3.8) is 0 Å². The zero-order valence-corrected chi connectivity index (χ0v) is 12.7. The molecule has 10 heteroatoms. The number of rotatable bonds is 3. The number of carbonyl (C=O) groups is 1. The van der Waals surface area contributed by atoms with Gasteiger partial charge in [-0.1, -0.05) is 11.6 Å². The van der Waals surface area contributed by atoms with Gasteiger partial charge in [-0.15, -0.1) is 12.4 Å². The summed E-state index contributed by atoms with van der Waals surface area (Å²) in [6.45, 7) is 3.26. The Balaban J connectivity index is 0.00000220. The van der Waals surface area contributed by atoms with Crippen molar-refractivity contribution < 1.29 is 18.0 Å². The molecule has 0 amide bonds. The number of halogens is 5. The molecule has 0 bridgehead atoms. The van der Waals surface area contributed by atoms with Crippen LogP contribution in [0.2, 0.25) is 5.02 Å². The van der Waals surface area contributed by atoms with Gasteiger partial charge in [0.25, 0.3) is 0 Å². The van der Waals surface area contributed by atoms with Crippen molar-refractivity contribution in [3.8, 4) is 0 Å². The number of hydrogen-bond acceptors (Lipinski definition) is 4. The highest BCUT2D eigenvalue weighted by Crippen LogP contribution is 2.36. The highest BCUT2D eigenvalue weighted by molar-refractivity contribution is 6.31. The smallest absolute Gasteiger partial charge is 0.312 e. The number of nitrogens with zero attached hydrogens (tertiary/aromatic N) is 3. The molecule has 1 fully saturated rings. The Kier molecular flexibility index (Phi) is 6.03. The summed E-state index contributed by atoms with van der Waals surface area (Å²) < 4.78 is 39.7. The molecule has 1 aromatic rings. The molecular formula is C11H15Cl2F3N4O. The second-order valence-corrected chi connectivity index (χ2v) is 4.91. The first-order valence-electron chi connectivity index (χ1n) is 6.06. The van der Waals surface area contributed by atoms with E-state index in [9.17, 15) is 18.0 Å². The van der Waals surface area contributed by atoms with Crippen molar-refractivity contribution in [3.05, 3.63) is 16.4 Å². The van der Waals surface area contributed by atoms with E-state index in [1.807, 2.05) is 0 Å². The van der Waals surface area contributed by atoms with E-state index in [4.69, 9.17) is 11.6 Å². The van der Waals surface area contributed by atoms with E-state index in [1.54, 1.807) is 4.90 Å². The van der Waals surface area contributed by atoms with Crippen molar-refractivity contribution in [1.82, 2.24) is 20.0 Å². The van der Waals surface area contributed by atoms with E-state index < -0.39 is 23.1 Å². The summed E-state index contributed by atoms with van der Waals surface area (Å²) >= 11 is 5.73. The van der Waals surface area contributed by atoms with Gasteiger partial charge in [0.15, 0.2) is 5.69 Å². The highest BCUT2D eigenvalue weighted by Gasteiger charge is 2.39. The van der Waals surface area contributed by atoms with Gasteiger partial charge in [0.1, 0.15) is 12.5 Å². The average Bonchev–Trinajstić information content (AvgIpc) is 2.67. The minimum atomic E-state index is -4.59. The van der Waals surface area contributed by atoms with Gasteiger partial charge in [0.05, 0.1) is 17.3 Å². The largest absolute Gasteiger partial charge is 0.436 e. The molecular weight excluding hydrogens is 332 g/mol. The van der Waals surface area contributed by atoms with E-state index in [0.717, 1.165) is 6.29 Å². The van der Waals surface area contributed by atoms with E-state index >= 15 is 0 Å². The molecule has 0 saturated carbocycles. The van der Waals surface area contributed by atoms with Crippen molar-refractivity contribution >= 4 is 30.3 Å². The number of nitrogens with one attached hydrogen (secondary N) is 1. The third-order valence-corrected chi connectivity index (χ3v) is 3.71. The molecule has 21 heavy (non-hydrogen) atoms. The fourth-order valence-corrected chi connectivity index (χ4v) is 2.48. The number of alkyl halides is 3. The molecule has 1 atom stereocenters. The van der Waals surface area contributed by atoms with Crippen LogP contribution in [0.15, 0.2) is 0 Å². The van der Waals surface area contributed by atoms with Gasteiger partial charge < -0.3 is 10.1 Å². The SMILES string of the molecule is Cc1c(Cl)c(C(F)(F)F)nn1C1CNCCN1CC=O.Cl. The Bertz CT molecular complexity index is 506. The summed E-state index contributed by atoms with van der Waals surface area (Å²) in [4.78, 5) is 12.4. The molecule has 0 aliphatic carbocycles. The van der Waals surface area contributed by atoms with Crippen LogP contribution in [-0.4, -0.2) is 47.1 Å². The quantitative estimate of drug-likeness (QED) is 0.849. The number of aldehydes is 1. The number of piperazine rings is 1. The van der Waals surface area contributed by atoms with Crippen LogP contribution in [0.1, 0.15) is 17.6 Å². The van der Waals surface area contributed by atoms with E-state index in [2.05, 4.69) is 10.4 Å². The van der Waals surface area contributed by atoms with Crippen LogP contribution in [-0.2, 0) is 11.0 Å². The molecule has 1 aliphatic rings. The molecule has 120 valence electrons. The average molecular weight is 347 g/mol. The summed E-state index contributed by atoms with van der Waals surface area (Å²) in [5.41, 5.74) is -0.850. The van der Waals surface area contributed by atoms with E-state index in [-0.39, 0.29) is 24.6 Å². The summed E-state index contributed by atoms with van der Waals surface area (Å²) in [6.07, 6.45) is -4.32. The monoisotopic (exact) mass is 346 g/mol. The van der Waals surface area contributed by atoms with Gasteiger partial charge in [-0.05, 0) is 6.92 Å². The highest BCUT2D eigenvalue weighted by atomic mass is 35.5. The Labute approximate surface area is 130 Å². The molecule has 0 spiro atoms. The van der Waals surface area contributed by atoms with Crippen molar-refractivity contribution in [1.29, 1.82) is 0 Å². The van der Waals surface area contributed by atoms with Gasteiger partial charge >= 0.3 is 6.18 Å². The van der Waals surface area contributed by atoms with Crippen LogP contribution in [0, 0.1) is 6.92 Å². The Morgan fingerprint density at radius 3 is 2.71 bits per heavy atom. The number of aromatic nitrogens is 2. The lowest BCUT2D eigenvalue weighted by molar-refractivity contribution is -0.141. The maximum absolute atomic E-state index is 12.8. The Hall–Kier alpha value is -0.830. The van der Waals surface area contributed by atoms with Gasteiger partial charge in [-0.25, -0.2) is 4.68 Å². The third-order valence-electron chi connectivity index (χ3n) is 3.26. The van der Waals surface area contributed by atoms with Crippen LogP contribution in [0.4, 0.5) is 13.2 Å². The number of hydrogen-bond donors (Lipinski definition) is 1. The maximum Gasteiger partial charge on any atom is 0.436 e. The van der Waals surface area contributed by atoms with E-state index in [1.165, 1.54) is 11.6 Å². The standard InChI is InChI=1S/C11H14ClF3N4O.ClH/c1-7-9(12)10(11(13,14)15)17-19(7)8-6-16-2-3-18(8)4-5-20;/h5,8,16H,2-4,6H2,1H3;1H. The minimum Gasteiger partial charge on any atom is -0.312 e. The Morgan fingerprint density at radius 1 is 1.52 bits per heavy atom. The molecule has 1 N–H and O–H groups in total. The molecule has 2 heterocycles. The molecule has 0 aromatic carbocycles. The van der Waals surface area contributed by atoms with Gasteiger partial charge in [0.2, 0.25) is 0 Å². The maximum atomic E-state index is 12.8. The molecule has 1 aliphatic heterocycles. The van der Waals surface area contributed by atoms with Gasteiger partial charge in [0, 0.05) is 19.6 Å². The van der Waals surface area contributed by atoms with Crippen LogP contribution in [0.25, 0.3) is 0 Å². The summed E-state index contributed by atoms with van der Waals surface area (Å²) in [6, 6.07) is 0. The first-order valence-corrected chi connectivity index (χ1v) is 6.44. The summed E-state index contributed by atoms with van der Waals surface area (Å²) in [5, 5.41) is 6.28. The molecule has 1 saturated heterocycles. The van der Waals surface area contributed by atoms with Crippen molar-refractivity contribution in [2.45, 2.75) is 19.3 Å². The summed E-state index contributed by atoms with van der Waals surface area (Å²) in [5.74, 6) is 0. The van der Waals surface area contributed by atoms with Crippen molar-refractivity contribution in [2.75, 3.05) is 26.2 Å². The predicted molar refractivity (Wildman–Crippen MR) is 73.8 cm³/mol. The van der Waals surface area contributed by atoms with Gasteiger partial charge in [-0.2, -0.15) is 18.3 Å². The molecule has 0 radical (unpaired) electrons. The van der Waals surface area contributed by atoms with Crippen LogP contribution in [0.3, 0.4) is 0 Å². The second kappa shape index (κ2) is 6.95. The lowest BCUT2D eigenvalue weighted by atomic mass is 10.3. The minimum absolute atomic E-state index is 0. The lowest BCUT2D eigenvalue weighted by Crippen LogP contribution is -2.49. The third kappa shape index (κ3) is 3.68. The lowest BCUT2D eigenvalue weighted by Gasteiger charge is -2.35. The number of carbonyl (C=O) groups excluding carboxylic acids is 1. The molecule has 1 aromatic heterocycles. The Morgan fingerprint density at radius 2 is 2.19 bits per heavy atom. The van der Waals surface area contributed by atoms with Crippen molar-refractivity contribution in [2.24, 2.45) is 0 Å². The summed E-state index contributed by atoms with van der Waals surface area (Å²) in [7, 11) is 0. The van der Waals surface area contributed by atoms with Gasteiger partial charge in [-0.3, -0.25) is 4.90 Å². The fourth-order valence-electron chi connectivity index (χ4n) is 2.25. The topological polar surface area (TPSA) is 50.2 Å². The zero-order chi connectivity index (χ0) is 14.9. The molecule has 2 rings (SSSR count). The normalized spacial score (nSPS) is 20.1. The zero-order valence-electron chi connectivity index (χ0n) is 11.2.